The van der Waals surface area contributed by atoms with E-state index in [1.54, 1.807) is 20.3 Å². The minimum absolute atomic E-state index is 0.0236. The number of nitrogens with zero attached hydrogens (tertiary/aromatic N) is 1. The highest BCUT2D eigenvalue weighted by atomic mass is 16.5. The maximum absolute atomic E-state index is 12.4. The molecule has 1 aliphatic rings. The van der Waals surface area contributed by atoms with E-state index >= 15 is 0 Å². The number of amides is 1. The summed E-state index contributed by atoms with van der Waals surface area (Å²) in [4.78, 5) is 14.9. The Kier molecular flexibility index (Phi) is 8.59. The summed E-state index contributed by atoms with van der Waals surface area (Å²) >= 11 is 0. The number of carbonyl (C=O) groups excluding carboxylic acids is 1. The highest BCUT2D eigenvalue weighted by molar-refractivity contribution is 5.92. The van der Waals surface area contributed by atoms with Gasteiger partial charge in [0.2, 0.25) is 5.91 Å². The third kappa shape index (κ3) is 6.89. The monoisotopic (exact) mass is 426 g/mol. The maximum atomic E-state index is 12.4. The van der Waals surface area contributed by atoms with Crippen molar-refractivity contribution in [2.45, 2.75) is 38.6 Å². The van der Waals surface area contributed by atoms with Crippen molar-refractivity contribution in [2.24, 2.45) is 5.92 Å². The second-order valence-corrected chi connectivity index (χ2v) is 8.11. The lowest BCUT2D eigenvalue weighted by molar-refractivity contribution is -0.116. The average molecular weight is 427 g/mol. The molecule has 0 bridgehead atoms. The summed E-state index contributed by atoms with van der Waals surface area (Å²) in [7, 11) is 3.19. The molecule has 3 rings (SSSR count). The summed E-state index contributed by atoms with van der Waals surface area (Å²) in [6.07, 6.45) is 3.67. The molecule has 0 aromatic heterocycles. The van der Waals surface area contributed by atoms with Crippen LogP contribution in [0.1, 0.15) is 32.6 Å². The molecule has 1 fully saturated rings. The maximum Gasteiger partial charge on any atom is 0.224 e. The normalized spacial score (nSPS) is 15.8. The second kappa shape index (κ2) is 11.6. The summed E-state index contributed by atoms with van der Waals surface area (Å²) in [6, 6.07) is 15.7. The highest BCUT2D eigenvalue weighted by Crippen LogP contribution is 2.30. The zero-order valence-corrected chi connectivity index (χ0v) is 18.8. The average Bonchev–Trinajstić information content (AvgIpc) is 2.82. The van der Waals surface area contributed by atoms with Crippen molar-refractivity contribution in [1.82, 2.24) is 4.90 Å². The van der Waals surface area contributed by atoms with Gasteiger partial charge in [0.25, 0.3) is 0 Å². The van der Waals surface area contributed by atoms with E-state index in [4.69, 9.17) is 14.2 Å². The fourth-order valence-electron chi connectivity index (χ4n) is 3.97. The van der Waals surface area contributed by atoms with Gasteiger partial charge in [-0.2, -0.15) is 0 Å². The van der Waals surface area contributed by atoms with Gasteiger partial charge in [-0.3, -0.25) is 9.69 Å². The van der Waals surface area contributed by atoms with Crippen molar-refractivity contribution >= 4 is 11.6 Å². The molecule has 2 aromatic carbocycles. The van der Waals surface area contributed by atoms with E-state index < -0.39 is 0 Å². The number of hydrogen-bond donors (Lipinski definition) is 1. The van der Waals surface area contributed by atoms with Crippen molar-refractivity contribution in [1.29, 1.82) is 0 Å². The van der Waals surface area contributed by atoms with E-state index in [-0.39, 0.29) is 5.91 Å². The van der Waals surface area contributed by atoms with E-state index in [1.165, 1.54) is 0 Å². The Labute approximate surface area is 185 Å². The summed E-state index contributed by atoms with van der Waals surface area (Å²) in [5, 5.41) is 2.97. The quantitative estimate of drug-likeness (QED) is 0.602. The van der Waals surface area contributed by atoms with E-state index in [0.717, 1.165) is 38.1 Å². The number of nitrogens with one attached hydrogen (secondary N) is 1. The fourth-order valence-corrected chi connectivity index (χ4v) is 3.97. The molecule has 1 unspecified atom stereocenters. The van der Waals surface area contributed by atoms with Crippen LogP contribution in [0.2, 0.25) is 0 Å². The molecule has 1 amide bonds. The number of carbonyl (C=O) groups is 1. The van der Waals surface area contributed by atoms with Crippen molar-refractivity contribution in [2.75, 3.05) is 39.2 Å². The first-order valence-electron chi connectivity index (χ1n) is 11.0. The summed E-state index contributed by atoms with van der Waals surface area (Å²) in [5.41, 5.74) is 0.676. The smallest absolute Gasteiger partial charge is 0.224 e. The number of methoxy groups -OCH3 is 2. The van der Waals surface area contributed by atoms with Crippen molar-refractivity contribution < 1.29 is 19.0 Å². The summed E-state index contributed by atoms with van der Waals surface area (Å²) in [6.45, 7) is 5.02. The second-order valence-electron chi connectivity index (χ2n) is 8.11. The molecule has 1 aliphatic heterocycles. The molecule has 0 spiro atoms. The molecule has 6 nitrogen and oxygen atoms in total. The molecule has 0 aliphatic carbocycles. The SMILES string of the molecule is COc1ccc(NC(=O)CCC2CCN(C(C)COc3ccccc3)CC2)c(OC)c1. The third-order valence-corrected chi connectivity index (χ3v) is 5.97. The molecule has 31 heavy (non-hydrogen) atoms. The van der Waals surface area contributed by atoms with Crippen LogP contribution in [0.3, 0.4) is 0 Å². The lowest BCUT2D eigenvalue weighted by atomic mass is 9.91. The van der Waals surface area contributed by atoms with Crippen molar-refractivity contribution in [3.8, 4) is 17.2 Å². The van der Waals surface area contributed by atoms with Gasteiger partial charge in [-0.25, -0.2) is 0 Å². The lowest BCUT2D eigenvalue weighted by Crippen LogP contribution is -2.42. The zero-order valence-electron chi connectivity index (χ0n) is 18.8. The van der Waals surface area contributed by atoms with Crippen LogP contribution in [0.4, 0.5) is 5.69 Å². The molecule has 1 heterocycles. The predicted molar refractivity (Wildman–Crippen MR) is 123 cm³/mol. The van der Waals surface area contributed by atoms with Gasteiger partial charge < -0.3 is 19.5 Å². The Morgan fingerprint density at radius 1 is 1.06 bits per heavy atom. The number of para-hydroxylation sites is 1. The van der Waals surface area contributed by atoms with E-state index in [9.17, 15) is 4.79 Å². The first kappa shape index (κ1) is 22.9. The molecule has 1 atom stereocenters. The standard InChI is InChI=1S/C25H34N2O4/c1-19(18-31-21-7-5-4-6-8-21)27-15-13-20(14-16-27)9-12-25(28)26-23-11-10-22(29-2)17-24(23)30-3/h4-8,10-11,17,19-20H,9,12-16,18H2,1-3H3,(H,26,28). The van der Waals surface area contributed by atoms with Gasteiger partial charge >= 0.3 is 0 Å². The first-order chi connectivity index (χ1) is 15.1. The largest absolute Gasteiger partial charge is 0.497 e. The number of benzene rings is 2. The minimum Gasteiger partial charge on any atom is -0.497 e. The van der Waals surface area contributed by atoms with Gasteiger partial charge in [-0.15, -0.1) is 0 Å². The van der Waals surface area contributed by atoms with Crippen LogP contribution in [0.25, 0.3) is 0 Å². The Balaban J connectivity index is 1.37. The number of piperidine rings is 1. The molecular formula is C25H34N2O4. The minimum atomic E-state index is 0.0236. The Hall–Kier alpha value is -2.73. The lowest BCUT2D eigenvalue weighted by Gasteiger charge is -2.35. The van der Waals surface area contributed by atoms with Crippen molar-refractivity contribution in [3.05, 3.63) is 48.5 Å². The van der Waals surface area contributed by atoms with Crippen LogP contribution in [0.15, 0.2) is 48.5 Å². The topological polar surface area (TPSA) is 60.0 Å². The summed E-state index contributed by atoms with van der Waals surface area (Å²) in [5.74, 6) is 2.83. The van der Waals surface area contributed by atoms with Crippen LogP contribution in [0, 0.1) is 5.92 Å². The molecule has 1 saturated heterocycles. The third-order valence-electron chi connectivity index (χ3n) is 5.97. The van der Waals surface area contributed by atoms with Crippen molar-refractivity contribution in [3.63, 3.8) is 0 Å². The van der Waals surface area contributed by atoms with Gasteiger partial charge in [0.1, 0.15) is 23.9 Å². The molecule has 168 valence electrons. The first-order valence-corrected chi connectivity index (χ1v) is 11.0. The fraction of sp³-hybridized carbons (Fsp3) is 0.480. The number of likely N-dealkylation sites (tertiary alicyclic amines) is 1. The van der Waals surface area contributed by atoms with E-state index in [2.05, 4.69) is 17.1 Å². The summed E-state index contributed by atoms with van der Waals surface area (Å²) < 4.78 is 16.5. The zero-order chi connectivity index (χ0) is 22.1. The van der Waals surface area contributed by atoms with Crippen LogP contribution in [0.5, 0.6) is 17.2 Å². The molecular weight excluding hydrogens is 392 g/mol. The van der Waals surface area contributed by atoms with Crippen LogP contribution in [-0.4, -0.2) is 50.8 Å². The molecule has 2 aromatic rings. The van der Waals surface area contributed by atoms with E-state index in [0.29, 0.717) is 42.2 Å². The molecule has 1 N–H and O–H groups in total. The van der Waals surface area contributed by atoms with Gasteiger partial charge in [0.15, 0.2) is 0 Å². The predicted octanol–water partition coefficient (Wildman–Crippen LogP) is 4.60. The van der Waals surface area contributed by atoms with Crippen LogP contribution >= 0.6 is 0 Å². The molecule has 6 heteroatoms. The molecule has 0 saturated carbocycles. The highest BCUT2D eigenvalue weighted by Gasteiger charge is 2.23. The molecule has 0 radical (unpaired) electrons. The Morgan fingerprint density at radius 2 is 1.81 bits per heavy atom. The van der Waals surface area contributed by atoms with Gasteiger partial charge in [0, 0.05) is 18.5 Å². The van der Waals surface area contributed by atoms with Gasteiger partial charge in [-0.1, -0.05) is 18.2 Å². The number of rotatable bonds is 10. The number of hydrogen-bond acceptors (Lipinski definition) is 5. The van der Waals surface area contributed by atoms with E-state index in [1.807, 2.05) is 42.5 Å². The van der Waals surface area contributed by atoms with Crippen LogP contribution < -0.4 is 19.5 Å². The van der Waals surface area contributed by atoms with Crippen LogP contribution in [-0.2, 0) is 4.79 Å². The van der Waals surface area contributed by atoms with Gasteiger partial charge in [-0.05, 0) is 69.5 Å². The number of ether oxygens (including phenoxy) is 3. The number of anilines is 1. The van der Waals surface area contributed by atoms with Gasteiger partial charge in [0.05, 0.1) is 19.9 Å². The Morgan fingerprint density at radius 3 is 2.48 bits per heavy atom. The Bertz CT molecular complexity index is 820.